The van der Waals surface area contributed by atoms with Crippen LogP contribution in [0.5, 0.6) is 0 Å². The van der Waals surface area contributed by atoms with Gasteiger partial charge in [-0.15, -0.1) is 11.3 Å². The lowest BCUT2D eigenvalue weighted by molar-refractivity contribution is -0.117. The van der Waals surface area contributed by atoms with Gasteiger partial charge in [0.25, 0.3) is 0 Å². The Labute approximate surface area is 192 Å². The highest BCUT2D eigenvalue weighted by Crippen LogP contribution is 2.25. The first kappa shape index (κ1) is 22.2. The molecule has 0 atom stereocenters. The fourth-order valence-electron chi connectivity index (χ4n) is 4.18. The number of methoxy groups -OCH3 is 1. The largest absolute Gasteiger partial charge is 0.464 e. The van der Waals surface area contributed by atoms with Crippen LogP contribution in [0.4, 0.5) is 5.13 Å². The monoisotopic (exact) mass is 452 g/mol. The van der Waals surface area contributed by atoms with Crippen LogP contribution in [0.1, 0.15) is 45.4 Å². The van der Waals surface area contributed by atoms with Gasteiger partial charge in [0.2, 0.25) is 5.91 Å². The van der Waals surface area contributed by atoms with Crippen LogP contribution in [0.3, 0.4) is 0 Å². The number of hydrogen-bond donors (Lipinski definition) is 1. The second kappa shape index (κ2) is 10.1. The molecule has 32 heavy (non-hydrogen) atoms. The van der Waals surface area contributed by atoms with Gasteiger partial charge in [0, 0.05) is 42.8 Å². The van der Waals surface area contributed by atoms with Gasteiger partial charge in [-0.3, -0.25) is 9.69 Å². The normalized spacial score (nSPS) is 14.9. The Morgan fingerprint density at radius 1 is 1.22 bits per heavy atom. The lowest BCUT2D eigenvalue weighted by atomic mass is 10.0. The number of thiazole rings is 1. The molecule has 0 saturated carbocycles. The zero-order valence-electron chi connectivity index (χ0n) is 18.4. The Balaban J connectivity index is 1.26. The summed E-state index contributed by atoms with van der Waals surface area (Å²) in [5.41, 5.74) is 3.06. The Hall–Kier alpha value is -2.97. The second-order valence-electron chi connectivity index (χ2n) is 8.15. The number of amides is 1. The number of carbonyl (C=O) groups excluding carboxylic acids is 2. The van der Waals surface area contributed by atoms with Gasteiger partial charge >= 0.3 is 5.97 Å². The summed E-state index contributed by atoms with van der Waals surface area (Å²) in [4.78, 5) is 32.1. The molecule has 7 nitrogen and oxygen atoms in total. The molecule has 1 aliphatic heterocycles. The molecule has 1 saturated heterocycles. The van der Waals surface area contributed by atoms with Crippen molar-refractivity contribution in [3.63, 3.8) is 0 Å². The summed E-state index contributed by atoms with van der Waals surface area (Å²) in [6.07, 6.45) is 6.34. The average molecular weight is 453 g/mol. The van der Waals surface area contributed by atoms with E-state index in [9.17, 15) is 9.59 Å². The molecule has 3 aromatic rings. The van der Waals surface area contributed by atoms with Crippen LogP contribution >= 0.6 is 11.3 Å². The predicted octanol–water partition coefficient (Wildman–Crippen LogP) is 3.91. The van der Waals surface area contributed by atoms with E-state index in [4.69, 9.17) is 4.74 Å². The maximum Gasteiger partial charge on any atom is 0.354 e. The van der Waals surface area contributed by atoms with Crippen LogP contribution in [0.2, 0.25) is 0 Å². The van der Waals surface area contributed by atoms with Crippen molar-refractivity contribution in [2.75, 3.05) is 32.1 Å². The van der Waals surface area contributed by atoms with E-state index in [1.807, 2.05) is 23.0 Å². The number of anilines is 1. The average Bonchev–Trinajstić information content (AvgIpc) is 3.43. The lowest BCUT2D eigenvalue weighted by Gasteiger charge is -2.32. The molecule has 1 N–H and O–H groups in total. The quantitative estimate of drug-likeness (QED) is 0.550. The molecule has 4 rings (SSSR count). The summed E-state index contributed by atoms with van der Waals surface area (Å²) in [5, 5.41) is 3.58. The van der Waals surface area contributed by atoms with E-state index in [0.717, 1.165) is 37.2 Å². The van der Waals surface area contributed by atoms with Crippen molar-refractivity contribution in [2.45, 2.75) is 32.2 Å². The third-order valence-electron chi connectivity index (χ3n) is 5.75. The maximum atomic E-state index is 12.5. The number of benzene rings is 1. The van der Waals surface area contributed by atoms with E-state index in [0.29, 0.717) is 17.4 Å². The number of rotatable bonds is 7. The molecule has 1 aromatic carbocycles. The Kier molecular flexibility index (Phi) is 7.02. The maximum absolute atomic E-state index is 12.5. The van der Waals surface area contributed by atoms with Gasteiger partial charge in [0.05, 0.1) is 13.7 Å². The molecule has 0 spiro atoms. The molecule has 0 unspecified atom stereocenters. The Bertz CT molecular complexity index is 1080. The number of aromatic nitrogens is 2. The lowest BCUT2D eigenvalue weighted by Crippen LogP contribution is -2.40. The van der Waals surface area contributed by atoms with E-state index in [1.54, 1.807) is 6.07 Å². The number of aryl methyl sites for hydroxylation is 1. The molecule has 8 heteroatoms. The van der Waals surface area contributed by atoms with Crippen LogP contribution in [0.25, 0.3) is 0 Å². The van der Waals surface area contributed by atoms with Gasteiger partial charge in [-0.2, -0.15) is 0 Å². The molecule has 168 valence electrons. The van der Waals surface area contributed by atoms with Crippen molar-refractivity contribution in [3.8, 4) is 0 Å². The minimum atomic E-state index is -0.318. The van der Waals surface area contributed by atoms with Crippen molar-refractivity contribution >= 4 is 28.3 Å². The van der Waals surface area contributed by atoms with E-state index in [2.05, 4.69) is 46.4 Å². The first-order chi connectivity index (χ1) is 15.5. The molecule has 0 aliphatic carbocycles. The fraction of sp³-hybridized carbons (Fsp3) is 0.375. The van der Waals surface area contributed by atoms with Crippen LogP contribution in [0, 0.1) is 6.92 Å². The molecule has 1 aliphatic rings. The summed E-state index contributed by atoms with van der Waals surface area (Å²) in [5.74, 6) is -0.363. The Morgan fingerprint density at radius 2 is 2.03 bits per heavy atom. The van der Waals surface area contributed by atoms with Crippen molar-refractivity contribution in [1.29, 1.82) is 0 Å². The van der Waals surface area contributed by atoms with Gasteiger partial charge in [-0.1, -0.05) is 29.8 Å². The van der Waals surface area contributed by atoms with Crippen molar-refractivity contribution in [3.05, 3.63) is 70.5 Å². The number of nitrogens with one attached hydrogen (secondary N) is 1. The topological polar surface area (TPSA) is 76.5 Å². The zero-order chi connectivity index (χ0) is 22.5. The van der Waals surface area contributed by atoms with E-state index in [1.165, 1.54) is 29.6 Å². The number of nitrogens with zero attached hydrogens (tertiary/aromatic N) is 3. The summed E-state index contributed by atoms with van der Waals surface area (Å²) in [6.45, 7) is 4.02. The number of hydrogen-bond acceptors (Lipinski definition) is 6. The number of esters is 1. The van der Waals surface area contributed by atoms with Crippen molar-refractivity contribution in [1.82, 2.24) is 14.5 Å². The van der Waals surface area contributed by atoms with Gasteiger partial charge in [0.15, 0.2) is 5.13 Å². The third kappa shape index (κ3) is 5.44. The number of likely N-dealkylation sites (tertiary alicyclic amines) is 1. The SMILES string of the molecule is COC(=O)c1cccn1C1CCN(CC(=O)Nc2ncc(Cc3cccc(C)c3)s2)CC1. The highest BCUT2D eigenvalue weighted by molar-refractivity contribution is 7.15. The number of ether oxygens (including phenoxy) is 1. The summed E-state index contributed by atoms with van der Waals surface area (Å²) in [6, 6.07) is 12.3. The van der Waals surface area contributed by atoms with Crippen LogP contribution in [0.15, 0.2) is 48.8 Å². The summed E-state index contributed by atoms with van der Waals surface area (Å²) in [7, 11) is 1.40. The fourth-order valence-corrected chi connectivity index (χ4v) is 5.04. The van der Waals surface area contributed by atoms with E-state index >= 15 is 0 Å². The molecule has 1 fully saturated rings. The van der Waals surface area contributed by atoms with E-state index < -0.39 is 0 Å². The van der Waals surface area contributed by atoms with Gasteiger partial charge in [-0.05, 0) is 37.5 Å². The predicted molar refractivity (Wildman–Crippen MR) is 125 cm³/mol. The molecular formula is C24H28N4O3S. The van der Waals surface area contributed by atoms with Crippen molar-refractivity contribution < 1.29 is 14.3 Å². The van der Waals surface area contributed by atoms with Crippen LogP contribution < -0.4 is 5.32 Å². The third-order valence-corrected chi connectivity index (χ3v) is 6.66. The summed E-state index contributed by atoms with van der Waals surface area (Å²) < 4.78 is 6.86. The molecule has 1 amide bonds. The van der Waals surface area contributed by atoms with Gasteiger partial charge in [-0.25, -0.2) is 9.78 Å². The highest BCUT2D eigenvalue weighted by atomic mass is 32.1. The van der Waals surface area contributed by atoms with Gasteiger partial charge in [0.1, 0.15) is 5.69 Å². The molecule has 0 radical (unpaired) electrons. The molecular weight excluding hydrogens is 424 g/mol. The van der Waals surface area contributed by atoms with E-state index in [-0.39, 0.29) is 17.9 Å². The minimum Gasteiger partial charge on any atom is -0.464 e. The van der Waals surface area contributed by atoms with Gasteiger partial charge < -0.3 is 14.6 Å². The highest BCUT2D eigenvalue weighted by Gasteiger charge is 2.25. The molecule has 3 heterocycles. The molecule has 2 aromatic heterocycles. The van der Waals surface area contributed by atoms with Crippen LogP contribution in [-0.2, 0) is 16.0 Å². The zero-order valence-corrected chi connectivity index (χ0v) is 19.2. The summed E-state index contributed by atoms with van der Waals surface area (Å²) >= 11 is 1.52. The molecule has 0 bridgehead atoms. The standard InChI is InChI=1S/C24H28N4O3S/c1-17-5-3-6-18(13-17)14-20-15-25-24(32-20)26-22(29)16-27-11-8-19(9-12-27)28-10-4-7-21(28)23(30)31-2/h3-7,10,13,15,19H,8-9,11-12,14,16H2,1-2H3,(H,25,26,29). The first-order valence-corrected chi connectivity index (χ1v) is 11.6. The number of piperidine rings is 1. The minimum absolute atomic E-state index is 0.0453. The first-order valence-electron chi connectivity index (χ1n) is 10.8. The van der Waals surface area contributed by atoms with Crippen molar-refractivity contribution in [2.24, 2.45) is 0 Å². The van der Waals surface area contributed by atoms with Crippen LogP contribution in [-0.4, -0.2) is 53.1 Å². The Morgan fingerprint density at radius 3 is 2.78 bits per heavy atom. The second-order valence-corrected chi connectivity index (χ2v) is 9.26. The smallest absolute Gasteiger partial charge is 0.354 e. The number of carbonyl (C=O) groups is 2.